The maximum Gasteiger partial charge on any atom is 0.144 e. The van der Waals surface area contributed by atoms with Crippen molar-refractivity contribution in [3.8, 4) is 0 Å². The maximum atomic E-state index is 11.9. The molecule has 3 heteroatoms. The molecule has 0 N–H and O–H groups in total. The van der Waals surface area contributed by atoms with Crippen LogP contribution in [0, 0.1) is 23.7 Å². The zero-order chi connectivity index (χ0) is 12.1. The lowest BCUT2D eigenvalue weighted by atomic mass is 10.0. The minimum atomic E-state index is -1.08. The SMILES string of the molecule is CC(=N[S+]([O-])C(C)(C)C)C1[C@H]2CC(C)C[C@@H]12. The van der Waals surface area contributed by atoms with Gasteiger partial charge in [-0.2, -0.15) is 0 Å². The summed E-state index contributed by atoms with van der Waals surface area (Å²) < 4.78 is 16.1. The number of hydrogen-bond acceptors (Lipinski definition) is 2. The van der Waals surface area contributed by atoms with Crippen LogP contribution in [-0.2, 0) is 11.4 Å². The van der Waals surface area contributed by atoms with Gasteiger partial charge in [0.1, 0.15) is 16.1 Å². The molecule has 0 bridgehead atoms. The van der Waals surface area contributed by atoms with Gasteiger partial charge >= 0.3 is 0 Å². The minimum absolute atomic E-state index is 0.224. The van der Waals surface area contributed by atoms with Crippen LogP contribution in [0.2, 0.25) is 0 Å². The monoisotopic (exact) mass is 241 g/mol. The molecule has 2 rings (SSSR count). The van der Waals surface area contributed by atoms with Crippen molar-refractivity contribution in [1.82, 2.24) is 0 Å². The van der Waals surface area contributed by atoms with Crippen LogP contribution in [0.25, 0.3) is 0 Å². The normalized spacial score (nSPS) is 40.8. The molecular formula is C13H23NOS. The summed E-state index contributed by atoms with van der Waals surface area (Å²) in [5, 5.41) is 0. The molecule has 0 amide bonds. The van der Waals surface area contributed by atoms with E-state index in [2.05, 4.69) is 18.2 Å². The van der Waals surface area contributed by atoms with E-state index in [0.29, 0.717) is 5.92 Å². The molecule has 0 aromatic rings. The third-order valence-corrected chi connectivity index (χ3v) is 5.42. The van der Waals surface area contributed by atoms with Gasteiger partial charge in [-0.3, -0.25) is 0 Å². The molecule has 2 saturated carbocycles. The fourth-order valence-electron chi connectivity index (χ4n) is 3.06. The van der Waals surface area contributed by atoms with E-state index in [0.717, 1.165) is 23.5 Å². The van der Waals surface area contributed by atoms with Crippen molar-refractivity contribution in [1.29, 1.82) is 0 Å². The molecule has 0 aromatic heterocycles. The van der Waals surface area contributed by atoms with Gasteiger partial charge in [0, 0.05) is 5.92 Å². The predicted molar refractivity (Wildman–Crippen MR) is 69.9 cm³/mol. The standard InChI is InChI=1S/C13H23NOS/c1-8-6-10-11(7-8)12(10)9(2)14-16(15)13(3,4)5/h8,10-12H,6-7H2,1-5H3/t8?,10-,11+,12?,16?. The second-order valence-corrected chi connectivity index (χ2v) is 8.43. The lowest BCUT2D eigenvalue weighted by Gasteiger charge is -2.19. The molecule has 2 nitrogen and oxygen atoms in total. The molecule has 0 saturated heterocycles. The zero-order valence-corrected chi connectivity index (χ0v) is 11.8. The highest BCUT2D eigenvalue weighted by atomic mass is 32.2. The fraction of sp³-hybridized carbons (Fsp3) is 0.923. The first kappa shape index (κ1) is 12.4. The summed E-state index contributed by atoms with van der Waals surface area (Å²) in [7, 11) is 0. The van der Waals surface area contributed by atoms with Gasteiger partial charge in [0.25, 0.3) is 0 Å². The molecule has 2 aliphatic carbocycles. The van der Waals surface area contributed by atoms with Crippen LogP contribution in [0.3, 0.4) is 0 Å². The van der Waals surface area contributed by atoms with Crippen molar-refractivity contribution in [2.75, 3.05) is 0 Å². The number of hydrogen-bond donors (Lipinski definition) is 0. The van der Waals surface area contributed by atoms with Crippen LogP contribution >= 0.6 is 0 Å². The molecule has 2 fully saturated rings. The first-order chi connectivity index (χ1) is 7.30. The van der Waals surface area contributed by atoms with E-state index in [4.69, 9.17) is 0 Å². The lowest BCUT2D eigenvalue weighted by Crippen LogP contribution is -2.27. The fourth-order valence-corrected chi connectivity index (χ4v) is 3.72. The van der Waals surface area contributed by atoms with Gasteiger partial charge in [0.05, 0.1) is 5.71 Å². The van der Waals surface area contributed by atoms with Gasteiger partial charge in [-0.05, 0) is 58.3 Å². The highest BCUT2D eigenvalue weighted by Crippen LogP contribution is 2.60. The second-order valence-electron chi connectivity index (χ2n) is 6.52. The Hall–Kier alpha value is -0.0200. The Labute approximate surface area is 102 Å². The first-order valence-corrected chi connectivity index (χ1v) is 7.38. The summed E-state index contributed by atoms with van der Waals surface area (Å²) in [6.07, 6.45) is 2.70. The van der Waals surface area contributed by atoms with Gasteiger partial charge in [-0.25, -0.2) is 0 Å². The molecule has 5 atom stereocenters. The lowest BCUT2D eigenvalue weighted by molar-refractivity contribution is 0.511. The Bertz CT molecular complexity index is 296. The van der Waals surface area contributed by atoms with E-state index in [1.807, 2.05) is 20.8 Å². The average Bonchev–Trinajstić information content (AvgIpc) is 2.63. The molecule has 0 spiro atoms. The number of nitrogens with zero attached hydrogens (tertiary/aromatic N) is 1. The van der Waals surface area contributed by atoms with Crippen LogP contribution in [0.15, 0.2) is 4.40 Å². The van der Waals surface area contributed by atoms with Gasteiger partial charge in [0.2, 0.25) is 0 Å². The minimum Gasteiger partial charge on any atom is -0.591 e. The van der Waals surface area contributed by atoms with Crippen LogP contribution in [0.1, 0.15) is 47.5 Å². The Morgan fingerprint density at radius 2 is 1.75 bits per heavy atom. The summed E-state index contributed by atoms with van der Waals surface area (Å²) in [4.78, 5) is 0. The first-order valence-electron chi connectivity index (χ1n) is 6.28. The third-order valence-electron chi connectivity index (χ3n) is 3.91. The highest BCUT2D eigenvalue weighted by Gasteiger charge is 2.56. The van der Waals surface area contributed by atoms with Crippen LogP contribution in [-0.4, -0.2) is 15.0 Å². The second kappa shape index (κ2) is 4.02. The summed E-state index contributed by atoms with van der Waals surface area (Å²) in [6.45, 7) is 10.3. The molecule has 2 aliphatic rings. The summed E-state index contributed by atoms with van der Waals surface area (Å²) in [5.74, 6) is 3.26. The molecular weight excluding hydrogens is 218 g/mol. The van der Waals surface area contributed by atoms with Gasteiger partial charge in [0.15, 0.2) is 0 Å². The van der Waals surface area contributed by atoms with E-state index < -0.39 is 11.4 Å². The Kier molecular flexibility index (Phi) is 3.13. The Morgan fingerprint density at radius 1 is 1.25 bits per heavy atom. The van der Waals surface area contributed by atoms with Crippen molar-refractivity contribution < 1.29 is 4.55 Å². The van der Waals surface area contributed by atoms with Crippen LogP contribution < -0.4 is 0 Å². The van der Waals surface area contributed by atoms with Crippen molar-refractivity contribution >= 4 is 17.1 Å². The van der Waals surface area contributed by atoms with Gasteiger partial charge < -0.3 is 4.55 Å². The Balaban J connectivity index is 1.95. The summed E-state index contributed by atoms with van der Waals surface area (Å²) >= 11 is -1.08. The van der Waals surface area contributed by atoms with E-state index in [1.54, 1.807) is 0 Å². The molecule has 0 heterocycles. The average molecular weight is 241 g/mol. The molecule has 0 aromatic carbocycles. The summed E-state index contributed by atoms with van der Waals surface area (Å²) in [5.41, 5.74) is 1.13. The molecule has 0 aliphatic heterocycles. The molecule has 3 unspecified atom stereocenters. The van der Waals surface area contributed by atoms with E-state index in [-0.39, 0.29) is 4.75 Å². The number of fused-ring (bicyclic) bond motifs is 1. The largest absolute Gasteiger partial charge is 0.591 e. The van der Waals surface area contributed by atoms with Crippen molar-refractivity contribution in [3.63, 3.8) is 0 Å². The smallest absolute Gasteiger partial charge is 0.144 e. The van der Waals surface area contributed by atoms with E-state index in [1.165, 1.54) is 12.8 Å². The van der Waals surface area contributed by atoms with Crippen LogP contribution in [0.5, 0.6) is 0 Å². The predicted octanol–water partition coefficient (Wildman–Crippen LogP) is 3.20. The highest BCUT2D eigenvalue weighted by molar-refractivity contribution is 7.91. The third kappa shape index (κ3) is 2.30. The molecule has 0 radical (unpaired) electrons. The molecule has 92 valence electrons. The van der Waals surface area contributed by atoms with Crippen molar-refractivity contribution in [3.05, 3.63) is 0 Å². The van der Waals surface area contributed by atoms with Gasteiger partial charge in [-0.1, -0.05) is 11.3 Å². The van der Waals surface area contributed by atoms with Gasteiger partial charge in [-0.15, -0.1) is 0 Å². The topological polar surface area (TPSA) is 35.4 Å². The maximum absolute atomic E-state index is 11.9. The van der Waals surface area contributed by atoms with Crippen molar-refractivity contribution in [2.24, 2.45) is 28.1 Å². The van der Waals surface area contributed by atoms with E-state index >= 15 is 0 Å². The zero-order valence-electron chi connectivity index (χ0n) is 11.0. The van der Waals surface area contributed by atoms with Crippen LogP contribution in [0.4, 0.5) is 0 Å². The number of rotatable bonds is 2. The molecule has 16 heavy (non-hydrogen) atoms. The van der Waals surface area contributed by atoms with Crippen molar-refractivity contribution in [2.45, 2.75) is 52.2 Å². The quantitative estimate of drug-likeness (QED) is 0.540. The summed E-state index contributed by atoms with van der Waals surface area (Å²) in [6, 6.07) is 0. The van der Waals surface area contributed by atoms with E-state index in [9.17, 15) is 4.55 Å². The Morgan fingerprint density at radius 3 is 2.19 bits per heavy atom.